The van der Waals surface area contributed by atoms with Crippen molar-refractivity contribution in [3.8, 4) is 0 Å². The van der Waals surface area contributed by atoms with E-state index in [2.05, 4.69) is 44.7 Å². The highest BCUT2D eigenvalue weighted by atomic mass is 16.1. The molecule has 0 amide bonds. The highest BCUT2D eigenvalue weighted by molar-refractivity contribution is 5.82. The van der Waals surface area contributed by atoms with Gasteiger partial charge in [-0.2, -0.15) is 0 Å². The predicted octanol–water partition coefficient (Wildman–Crippen LogP) is 2.66. The van der Waals surface area contributed by atoms with Gasteiger partial charge in [0.15, 0.2) is 0 Å². The summed E-state index contributed by atoms with van der Waals surface area (Å²) in [4.78, 5) is 16.8. The van der Waals surface area contributed by atoms with E-state index in [9.17, 15) is 4.79 Å². The second-order valence-corrected chi connectivity index (χ2v) is 7.08. The van der Waals surface area contributed by atoms with Crippen molar-refractivity contribution in [3.63, 3.8) is 0 Å². The number of hydrogen-bond acceptors (Lipinski definition) is 3. The Morgan fingerprint density at radius 3 is 2.53 bits per heavy atom. The molecule has 1 atom stereocenters. The maximum atomic E-state index is 12.1. The minimum atomic E-state index is 0.267. The molecular weight excluding hydrogens is 236 g/mol. The van der Waals surface area contributed by atoms with Crippen LogP contribution in [0.4, 0.5) is 0 Å². The van der Waals surface area contributed by atoms with Crippen molar-refractivity contribution in [2.24, 2.45) is 11.3 Å². The molecule has 1 fully saturated rings. The normalized spacial score (nSPS) is 23.3. The first kappa shape index (κ1) is 16.6. The van der Waals surface area contributed by atoms with Gasteiger partial charge in [-0.25, -0.2) is 0 Å². The van der Waals surface area contributed by atoms with Crippen LogP contribution in [0.5, 0.6) is 0 Å². The quantitative estimate of drug-likeness (QED) is 0.709. The van der Waals surface area contributed by atoms with Crippen LogP contribution in [0, 0.1) is 11.3 Å². The number of nitrogens with zero attached hydrogens (tertiary/aromatic N) is 2. The zero-order valence-electron chi connectivity index (χ0n) is 13.5. The lowest BCUT2D eigenvalue weighted by Gasteiger charge is -2.36. The van der Waals surface area contributed by atoms with E-state index in [1.807, 2.05) is 0 Å². The summed E-state index contributed by atoms with van der Waals surface area (Å²) in [5.41, 5.74) is 0.349. The summed E-state index contributed by atoms with van der Waals surface area (Å²) >= 11 is 0. The third-order valence-corrected chi connectivity index (χ3v) is 4.31. The molecule has 3 nitrogen and oxygen atoms in total. The Morgan fingerprint density at radius 1 is 1.26 bits per heavy atom. The third kappa shape index (κ3) is 6.05. The summed E-state index contributed by atoms with van der Waals surface area (Å²) in [6.07, 6.45) is 4.10. The van der Waals surface area contributed by atoms with Crippen LogP contribution in [0.2, 0.25) is 0 Å². The molecule has 1 aliphatic carbocycles. The Hall–Kier alpha value is -0.410. The number of carbonyl (C=O) groups excluding carboxylic acids is 1. The van der Waals surface area contributed by atoms with E-state index >= 15 is 0 Å². The Morgan fingerprint density at radius 2 is 1.95 bits per heavy atom. The van der Waals surface area contributed by atoms with Crippen molar-refractivity contribution in [3.05, 3.63) is 0 Å². The van der Waals surface area contributed by atoms with E-state index in [-0.39, 0.29) is 5.92 Å². The summed E-state index contributed by atoms with van der Waals surface area (Å²) in [5.74, 6) is 0.758. The van der Waals surface area contributed by atoms with Crippen molar-refractivity contribution in [2.45, 2.75) is 46.5 Å². The minimum absolute atomic E-state index is 0.267. The van der Waals surface area contributed by atoms with Gasteiger partial charge in [-0.05, 0) is 58.4 Å². The van der Waals surface area contributed by atoms with Crippen LogP contribution in [-0.4, -0.2) is 55.9 Å². The Balaban J connectivity index is 2.42. The largest absolute Gasteiger partial charge is 0.309 e. The average Bonchev–Trinajstić information content (AvgIpc) is 2.31. The Labute approximate surface area is 119 Å². The fourth-order valence-electron chi connectivity index (χ4n) is 3.02. The van der Waals surface area contributed by atoms with Crippen molar-refractivity contribution < 1.29 is 4.79 Å². The van der Waals surface area contributed by atoms with E-state index in [1.165, 1.54) is 6.42 Å². The molecule has 0 saturated heterocycles. The molecule has 0 aromatic heterocycles. The monoisotopic (exact) mass is 268 g/mol. The van der Waals surface area contributed by atoms with Crippen LogP contribution in [0.1, 0.15) is 46.5 Å². The van der Waals surface area contributed by atoms with Gasteiger partial charge in [-0.1, -0.05) is 20.8 Å². The molecule has 1 rings (SSSR count). The molecule has 0 aliphatic heterocycles. The van der Waals surface area contributed by atoms with E-state index in [0.717, 1.165) is 45.4 Å². The highest BCUT2D eigenvalue weighted by Crippen LogP contribution is 2.37. The zero-order valence-corrected chi connectivity index (χ0v) is 13.5. The second-order valence-electron chi connectivity index (χ2n) is 7.08. The predicted molar refractivity (Wildman–Crippen MR) is 81.4 cm³/mol. The van der Waals surface area contributed by atoms with Crippen LogP contribution in [-0.2, 0) is 4.79 Å². The topological polar surface area (TPSA) is 23.6 Å². The Bertz CT molecular complexity index is 286. The summed E-state index contributed by atoms with van der Waals surface area (Å²) < 4.78 is 0. The van der Waals surface area contributed by atoms with Crippen LogP contribution in [0.3, 0.4) is 0 Å². The van der Waals surface area contributed by atoms with Gasteiger partial charge in [0.2, 0.25) is 0 Å². The van der Waals surface area contributed by atoms with Crippen LogP contribution >= 0.6 is 0 Å². The molecule has 0 aromatic rings. The first-order valence-corrected chi connectivity index (χ1v) is 7.74. The molecule has 1 unspecified atom stereocenters. The second kappa shape index (κ2) is 7.39. The van der Waals surface area contributed by atoms with Gasteiger partial charge in [0, 0.05) is 18.9 Å². The van der Waals surface area contributed by atoms with Gasteiger partial charge in [0.1, 0.15) is 5.78 Å². The van der Waals surface area contributed by atoms with E-state index in [4.69, 9.17) is 0 Å². The molecular formula is C16H32N2O. The molecule has 0 N–H and O–H groups in total. The number of rotatable bonds is 7. The van der Waals surface area contributed by atoms with Crippen LogP contribution in [0.25, 0.3) is 0 Å². The molecule has 19 heavy (non-hydrogen) atoms. The summed E-state index contributed by atoms with van der Waals surface area (Å²) in [7, 11) is 4.23. The molecule has 0 radical (unpaired) electrons. The van der Waals surface area contributed by atoms with E-state index in [1.54, 1.807) is 0 Å². The lowest BCUT2D eigenvalue weighted by atomic mass is 9.71. The fourth-order valence-corrected chi connectivity index (χ4v) is 3.02. The molecule has 0 bridgehead atoms. The van der Waals surface area contributed by atoms with Gasteiger partial charge in [0.25, 0.3) is 0 Å². The molecule has 3 heteroatoms. The van der Waals surface area contributed by atoms with Crippen molar-refractivity contribution in [2.75, 3.05) is 40.3 Å². The van der Waals surface area contributed by atoms with Gasteiger partial charge in [-0.15, -0.1) is 0 Å². The molecule has 0 heterocycles. The summed E-state index contributed by atoms with van der Waals surface area (Å²) in [5, 5.41) is 0. The smallest absolute Gasteiger partial charge is 0.137 e. The number of carbonyl (C=O) groups is 1. The molecule has 0 aromatic carbocycles. The van der Waals surface area contributed by atoms with Crippen molar-refractivity contribution >= 4 is 5.78 Å². The zero-order chi connectivity index (χ0) is 14.5. The van der Waals surface area contributed by atoms with Crippen LogP contribution in [0.15, 0.2) is 0 Å². The molecule has 0 spiro atoms. The van der Waals surface area contributed by atoms with Gasteiger partial charge < -0.3 is 9.80 Å². The highest BCUT2D eigenvalue weighted by Gasteiger charge is 2.34. The average molecular weight is 268 g/mol. The van der Waals surface area contributed by atoms with Gasteiger partial charge >= 0.3 is 0 Å². The molecule has 1 saturated carbocycles. The first-order valence-electron chi connectivity index (χ1n) is 7.74. The number of ketones is 1. The SMILES string of the molecule is CCN(CCCN(C)C)CC1CC(C)(C)CCC1=O. The summed E-state index contributed by atoms with van der Waals surface area (Å²) in [6, 6.07) is 0. The van der Waals surface area contributed by atoms with Crippen molar-refractivity contribution in [1.29, 1.82) is 0 Å². The fraction of sp³-hybridized carbons (Fsp3) is 0.938. The Kier molecular flexibility index (Phi) is 6.48. The lowest BCUT2D eigenvalue weighted by molar-refractivity contribution is -0.127. The standard InChI is InChI=1S/C16H32N2O/c1-6-18(11-7-10-17(4)5)13-14-12-16(2,3)9-8-15(14)19/h14H,6-13H2,1-5H3. The maximum Gasteiger partial charge on any atom is 0.137 e. The van der Waals surface area contributed by atoms with E-state index in [0.29, 0.717) is 11.2 Å². The van der Waals surface area contributed by atoms with Gasteiger partial charge in [0.05, 0.1) is 0 Å². The lowest BCUT2D eigenvalue weighted by Crippen LogP contribution is -2.39. The van der Waals surface area contributed by atoms with Crippen molar-refractivity contribution in [1.82, 2.24) is 9.80 Å². The first-order chi connectivity index (χ1) is 8.84. The number of Topliss-reactive ketones (excluding diaryl/α,β-unsaturated/α-hetero) is 1. The van der Waals surface area contributed by atoms with E-state index < -0.39 is 0 Å². The molecule has 1 aliphatic rings. The molecule has 112 valence electrons. The third-order valence-electron chi connectivity index (χ3n) is 4.31. The number of hydrogen-bond donors (Lipinski definition) is 0. The van der Waals surface area contributed by atoms with Gasteiger partial charge in [-0.3, -0.25) is 4.79 Å². The maximum absolute atomic E-state index is 12.1. The summed E-state index contributed by atoms with van der Waals surface area (Å²) in [6.45, 7) is 11.1. The van der Waals surface area contributed by atoms with Crippen LogP contribution < -0.4 is 0 Å². The minimum Gasteiger partial charge on any atom is -0.309 e.